The van der Waals surface area contributed by atoms with Crippen LogP contribution in [0.3, 0.4) is 0 Å². The van der Waals surface area contributed by atoms with Crippen LogP contribution in [0, 0.1) is 0 Å². The molecule has 0 saturated carbocycles. The third-order valence-electron chi connectivity index (χ3n) is 2.72. The van der Waals surface area contributed by atoms with E-state index in [1.54, 1.807) is 6.07 Å². The summed E-state index contributed by atoms with van der Waals surface area (Å²) >= 11 is 1.48. The van der Waals surface area contributed by atoms with E-state index in [1.807, 2.05) is 24.3 Å². The van der Waals surface area contributed by atoms with Gasteiger partial charge in [0.05, 0.1) is 10.2 Å². The van der Waals surface area contributed by atoms with Crippen molar-refractivity contribution in [3.05, 3.63) is 42.2 Å². The van der Waals surface area contributed by atoms with Crippen LogP contribution in [0.1, 0.15) is 17.5 Å². The summed E-state index contributed by atoms with van der Waals surface area (Å²) in [5.74, 6) is -0.310. The first-order chi connectivity index (χ1) is 10.1. The molecule has 0 radical (unpaired) electrons. The number of esters is 1. The molecule has 0 saturated heterocycles. The fraction of sp³-hybridized carbons (Fsp3) is 0.133. The molecule has 0 atom stereocenters. The van der Waals surface area contributed by atoms with Crippen molar-refractivity contribution in [1.82, 2.24) is 4.98 Å². The van der Waals surface area contributed by atoms with Crippen LogP contribution in [0.25, 0.3) is 21.0 Å². The summed E-state index contributed by atoms with van der Waals surface area (Å²) < 4.78 is 11.3. The van der Waals surface area contributed by atoms with E-state index in [0.29, 0.717) is 10.8 Å². The lowest BCUT2D eigenvalue weighted by Crippen LogP contribution is -2.10. The molecule has 3 aromatic rings. The van der Waals surface area contributed by atoms with E-state index in [2.05, 4.69) is 4.98 Å². The van der Waals surface area contributed by atoms with Crippen molar-refractivity contribution >= 4 is 33.3 Å². The molecule has 0 bridgehead atoms. The van der Waals surface area contributed by atoms with Crippen molar-refractivity contribution in [1.29, 1.82) is 0 Å². The Kier molecular flexibility index (Phi) is 3.53. The van der Waals surface area contributed by atoms with Crippen LogP contribution in [0.5, 0.6) is 0 Å². The van der Waals surface area contributed by atoms with Gasteiger partial charge in [0, 0.05) is 0 Å². The average molecular weight is 301 g/mol. The van der Waals surface area contributed by atoms with E-state index in [9.17, 15) is 9.59 Å². The first-order valence-electron chi connectivity index (χ1n) is 6.26. The number of ketones is 1. The van der Waals surface area contributed by atoms with Crippen LogP contribution in [0.2, 0.25) is 0 Å². The third kappa shape index (κ3) is 2.85. The fourth-order valence-corrected chi connectivity index (χ4v) is 2.71. The van der Waals surface area contributed by atoms with Crippen LogP contribution in [0.4, 0.5) is 0 Å². The molecule has 0 spiro atoms. The van der Waals surface area contributed by atoms with Gasteiger partial charge >= 0.3 is 5.97 Å². The standard InChI is InChI=1S/C15H11NO4S/c1-9(17)8-19-15(18)12-7-6-11(20-12)14-16-10-4-2-3-5-13(10)21-14/h2-7H,8H2,1H3. The molecule has 0 N–H and O–H groups in total. The van der Waals surface area contributed by atoms with Gasteiger partial charge < -0.3 is 9.15 Å². The van der Waals surface area contributed by atoms with Crippen LogP contribution in [-0.2, 0) is 9.53 Å². The Hall–Kier alpha value is -2.47. The maximum absolute atomic E-state index is 11.7. The molecule has 5 nitrogen and oxygen atoms in total. The summed E-state index contributed by atoms with van der Waals surface area (Å²) in [6.45, 7) is 1.10. The number of Topliss-reactive ketones (excluding diaryl/α,β-unsaturated/α-hetero) is 1. The zero-order valence-electron chi connectivity index (χ0n) is 11.2. The van der Waals surface area contributed by atoms with Crippen molar-refractivity contribution in [2.45, 2.75) is 6.92 Å². The topological polar surface area (TPSA) is 69.4 Å². The third-order valence-corrected chi connectivity index (χ3v) is 3.77. The van der Waals surface area contributed by atoms with Gasteiger partial charge in [-0.2, -0.15) is 0 Å². The summed E-state index contributed by atoms with van der Waals surface area (Å²) in [4.78, 5) is 26.9. The predicted molar refractivity (Wildman–Crippen MR) is 78.3 cm³/mol. The number of thiazole rings is 1. The summed E-state index contributed by atoms with van der Waals surface area (Å²) in [7, 11) is 0. The van der Waals surface area contributed by atoms with Gasteiger partial charge in [0.25, 0.3) is 0 Å². The molecular weight excluding hydrogens is 290 g/mol. The number of carbonyl (C=O) groups excluding carboxylic acids is 2. The van der Waals surface area contributed by atoms with E-state index in [-0.39, 0.29) is 18.2 Å². The van der Waals surface area contributed by atoms with E-state index in [4.69, 9.17) is 9.15 Å². The Balaban J connectivity index is 1.84. The number of furan rings is 1. The van der Waals surface area contributed by atoms with Gasteiger partial charge in [-0.15, -0.1) is 11.3 Å². The van der Waals surface area contributed by atoms with Gasteiger partial charge in [-0.05, 0) is 31.2 Å². The molecule has 0 fully saturated rings. The van der Waals surface area contributed by atoms with Crippen molar-refractivity contribution in [3.63, 3.8) is 0 Å². The molecule has 6 heteroatoms. The summed E-state index contributed by atoms with van der Waals surface area (Å²) in [6.07, 6.45) is 0. The van der Waals surface area contributed by atoms with Gasteiger partial charge in [0.2, 0.25) is 5.76 Å². The Morgan fingerprint density at radius 1 is 1.24 bits per heavy atom. The maximum Gasteiger partial charge on any atom is 0.374 e. The molecule has 0 unspecified atom stereocenters. The van der Waals surface area contributed by atoms with Crippen molar-refractivity contribution in [2.24, 2.45) is 0 Å². The number of nitrogens with zero attached hydrogens (tertiary/aromatic N) is 1. The number of carbonyl (C=O) groups is 2. The van der Waals surface area contributed by atoms with Gasteiger partial charge in [0.1, 0.15) is 6.61 Å². The Labute approximate surface area is 124 Å². The second-order valence-corrected chi connectivity index (χ2v) is 5.46. The molecule has 2 heterocycles. The molecule has 1 aromatic carbocycles. The number of hydrogen-bond acceptors (Lipinski definition) is 6. The zero-order valence-corrected chi connectivity index (χ0v) is 12.0. The molecule has 0 amide bonds. The smallest absolute Gasteiger partial charge is 0.374 e. The highest BCUT2D eigenvalue weighted by Crippen LogP contribution is 2.31. The number of benzene rings is 1. The van der Waals surface area contributed by atoms with Crippen molar-refractivity contribution in [2.75, 3.05) is 6.61 Å². The van der Waals surface area contributed by atoms with Crippen LogP contribution >= 0.6 is 11.3 Å². The number of ether oxygens (including phenoxy) is 1. The van der Waals surface area contributed by atoms with Gasteiger partial charge in [-0.25, -0.2) is 9.78 Å². The van der Waals surface area contributed by atoms with Gasteiger partial charge in [0.15, 0.2) is 16.6 Å². The minimum Gasteiger partial charge on any atom is -0.452 e. The Morgan fingerprint density at radius 3 is 2.81 bits per heavy atom. The number of rotatable bonds is 4. The lowest BCUT2D eigenvalue weighted by molar-refractivity contribution is -0.120. The van der Waals surface area contributed by atoms with Crippen molar-refractivity contribution < 1.29 is 18.7 Å². The molecule has 21 heavy (non-hydrogen) atoms. The monoisotopic (exact) mass is 301 g/mol. The summed E-state index contributed by atoms with van der Waals surface area (Å²) in [5, 5.41) is 0.696. The average Bonchev–Trinajstić information content (AvgIpc) is 3.10. The van der Waals surface area contributed by atoms with Gasteiger partial charge in [-0.1, -0.05) is 12.1 Å². The second kappa shape index (κ2) is 5.49. The first-order valence-corrected chi connectivity index (χ1v) is 7.07. The van der Waals surface area contributed by atoms with E-state index in [1.165, 1.54) is 24.3 Å². The van der Waals surface area contributed by atoms with Crippen LogP contribution < -0.4 is 0 Å². The molecule has 0 aliphatic rings. The minimum absolute atomic E-state index is 0.0607. The normalized spacial score (nSPS) is 10.7. The highest BCUT2D eigenvalue weighted by Gasteiger charge is 2.16. The molecule has 3 rings (SSSR count). The van der Waals surface area contributed by atoms with Crippen molar-refractivity contribution in [3.8, 4) is 10.8 Å². The Bertz CT molecular complexity index is 785. The number of fused-ring (bicyclic) bond motifs is 1. The van der Waals surface area contributed by atoms with E-state index in [0.717, 1.165) is 10.2 Å². The zero-order chi connectivity index (χ0) is 14.8. The quantitative estimate of drug-likeness (QED) is 0.691. The fourth-order valence-electron chi connectivity index (χ4n) is 1.78. The highest BCUT2D eigenvalue weighted by molar-refractivity contribution is 7.21. The number of hydrogen-bond donors (Lipinski definition) is 0. The number of para-hydroxylation sites is 1. The van der Waals surface area contributed by atoms with E-state index < -0.39 is 5.97 Å². The number of aromatic nitrogens is 1. The molecule has 106 valence electrons. The second-order valence-electron chi connectivity index (χ2n) is 4.43. The van der Waals surface area contributed by atoms with Gasteiger partial charge in [-0.3, -0.25) is 4.79 Å². The van der Waals surface area contributed by atoms with Crippen LogP contribution in [-0.4, -0.2) is 23.3 Å². The largest absolute Gasteiger partial charge is 0.452 e. The Morgan fingerprint density at radius 2 is 2.05 bits per heavy atom. The lowest BCUT2D eigenvalue weighted by atomic mass is 10.3. The molecule has 0 aliphatic heterocycles. The summed E-state index contributed by atoms with van der Waals surface area (Å²) in [6, 6.07) is 10.9. The predicted octanol–water partition coefficient (Wildman–Crippen LogP) is 3.30. The minimum atomic E-state index is -0.655. The lowest BCUT2D eigenvalue weighted by Gasteiger charge is -1.98. The molecular formula is C15H11NO4S. The molecule has 0 aliphatic carbocycles. The van der Waals surface area contributed by atoms with E-state index >= 15 is 0 Å². The molecule has 2 aromatic heterocycles. The first kappa shape index (κ1) is 13.5. The maximum atomic E-state index is 11.7. The SMILES string of the molecule is CC(=O)COC(=O)c1ccc(-c2nc3ccccc3s2)o1. The summed E-state index contributed by atoms with van der Waals surface area (Å²) in [5.41, 5.74) is 0.884. The van der Waals surface area contributed by atoms with Crippen LogP contribution in [0.15, 0.2) is 40.8 Å². The highest BCUT2D eigenvalue weighted by atomic mass is 32.1.